The van der Waals surface area contributed by atoms with Gasteiger partial charge in [-0.3, -0.25) is 19.3 Å². The van der Waals surface area contributed by atoms with E-state index >= 15 is 0 Å². The fourth-order valence-electron chi connectivity index (χ4n) is 2.63. The summed E-state index contributed by atoms with van der Waals surface area (Å²) in [5.41, 5.74) is 1.13. The minimum absolute atomic E-state index is 0.0765. The number of rotatable bonds is 6. The van der Waals surface area contributed by atoms with Crippen molar-refractivity contribution in [1.82, 2.24) is 4.90 Å². The van der Waals surface area contributed by atoms with E-state index in [9.17, 15) is 19.5 Å². The SMILES string of the molecule is COc1ccc(/C=C2/SC(=O)N(CC(=O)Nc3cccc(SC)c3)C2=O)cc1O. The molecule has 2 N–H and O–H groups in total. The molecule has 0 spiro atoms. The van der Waals surface area contributed by atoms with Crippen molar-refractivity contribution in [3.05, 3.63) is 52.9 Å². The molecule has 0 radical (unpaired) electrons. The smallest absolute Gasteiger partial charge is 0.294 e. The molecule has 2 aromatic rings. The molecule has 1 aliphatic heterocycles. The van der Waals surface area contributed by atoms with Gasteiger partial charge in [0.2, 0.25) is 5.91 Å². The highest BCUT2D eigenvalue weighted by Gasteiger charge is 2.36. The van der Waals surface area contributed by atoms with Crippen LogP contribution in [0.5, 0.6) is 11.5 Å². The molecule has 0 bridgehead atoms. The minimum Gasteiger partial charge on any atom is -0.504 e. The van der Waals surface area contributed by atoms with Gasteiger partial charge in [0.05, 0.1) is 12.0 Å². The summed E-state index contributed by atoms with van der Waals surface area (Å²) >= 11 is 2.29. The van der Waals surface area contributed by atoms with Crippen molar-refractivity contribution >= 4 is 52.3 Å². The molecule has 3 amide bonds. The van der Waals surface area contributed by atoms with Gasteiger partial charge in [0, 0.05) is 10.6 Å². The third-order valence-electron chi connectivity index (χ3n) is 4.03. The van der Waals surface area contributed by atoms with E-state index < -0.39 is 17.1 Å². The molecule has 7 nitrogen and oxygen atoms in total. The van der Waals surface area contributed by atoms with Gasteiger partial charge >= 0.3 is 0 Å². The molecule has 1 heterocycles. The Bertz CT molecular complexity index is 1010. The quantitative estimate of drug-likeness (QED) is 0.532. The molecule has 150 valence electrons. The number of anilines is 1. The Morgan fingerprint density at radius 3 is 2.76 bits per heavy atom. The number of phenolic OH excluding ortho intramolecular Hbond substituents is 1. The van der Waals surface area contributed by atoms with Crippen LogP contribution in [0.15, 0.2) is 52.3 Å². The number of nitrogens with zero attached hydrogens (tertiary/aromatic N) is 1. The predicted molar refractivity (Wildman–Crippen MR) is 114 cm³/mol. The van der Waals surface area contributed by atoms with Crippen LogP contribution in [-0.4, -0.2) is 47.0 Å². The molecule has 3 rings (SSSR count). The Labute approximate surface area is 176 Å². The molecule has 1 aliphatic rings. The van der Waals surface area contributed by atoms with E-state index in [2.05, 4.69) is 5.32 Å². The number of carbonyl (C=O) groups excluding carboxylic acids is 3. The first-order valence-electron chi connectivity index (χ1n) is 8.47. The molecule has 0 unspecified atom stereocenters. The van der Waals surface area contributed by atoms with E-state index in [1.807, 2.05) is 24.5 Å². The summed E-state index contributed by atoms with van der Waals surface area (Å²) in [5.74, 6) is -0.790. The fraction of sp³-hybridized carbons (Fsp3) is 0.150. The van der Waals surface area contributed by atoms with Crippen LogP contribution < -0.4 is 10.1 Å². The van der Waals surface area contributed by atoms with E-state index in [-0.39, 0.29) is 17.2 Å². The summed E-state index contributed by atoms with van der Waals surface area (Å²) in [6, 6.07) is 11.9. The van der Waals surface area contributed by atoms with Crippen LogP contribution in [0.1, 0.15) is 5.56 Å². The lowest BCUT2D eigenvalue weighted by molar-refractivity contribution is -0.127. The zero-order valence-electron chi connectivity index (χ0n) is 15.7. The lowest BCUT2D eigenvalue weighted by Gasteiger charge is -2.12. The third-order valence-corrected chi connectivity index (χ3v) is 5.66. The molecule has 9 heteroatoms. The molecular weight excluding hydrogens is 412 g/mol. The van der Waals surface area contributed by atoms with Gasteiger partial charge in [-0.05, 0) is 60.0 Å². The van der Waals surface area contributed by atoms with Gasteiger partial charge in [-0.1, -0.05) is 12.1 Å². The highest BCUT2D eigenvalue weighted by atomic mass is 32.2. The molecule has 0 saturated carbocycles. The summed E-state index contributed by atoms with van der Waals surface area (Å²) in [5, 5.41) is 12.0. The maximum atomic E-state index is 12.6. The van der Waals surface area contributed by atoms with E-state index in [1.54, 1.807) is 30.0 Å². The van der Waals surface area contributed by atoms with Crippen LogP contribution in [0.3, 0.4) is 0 Å². The Morgan fingerprint density at radius 2 is 2.07 bits per heavy atom. The predicted octanol–water partition coefficient (Wildman–Crippen LogP) is 3.80. The molecule has 0 aliphatic carbocycles. The molecule has 2 aromatic carbocycles. The summed E-state index contributed by atoms with van der Waals surface area (Å²) in [6.07, 6.45) is 3.42. The Hall–Kier alpha value is -2.91. The fourth-order valence-corrected chi connectivity index (χ4v) is 3.93. The van der Waals surface area contributed by atoms with Gasteiger partial charge in [-0.15, -0.1) is 11.8 Å². The Kier molecular flexibility index (Phi) is 6.50. The molecule has 29 heavy (non-hydrogen) atoms. The van der Waals surface area contributed by atoms with E-state index in [0.717, 1.165) is 21.6 Å². The average Bonchev–Trinajstić information content (AvgIpc) is 2.95. The molecule has 1 fully saturated rings. The zero-order valence-corrected chi connectivity index (χ0v) is 17.3. The van der Waals surface area contributed by atoms with E-state index in [1.165, 1.54) is 19.3 Å². The number of ether oxygens (including phenoxy) is 1. The number of hydrogen-bond acceptors (Lipinski definition) is 7. The summed E-state index contributed by atoms with van der Waals surface area (Å²) in [6.45, 7) is -0.376. The maximum Gasteiger partial charge on any atom is 0.294 e. The Balaban J connectivity index is 1.70. The Morgan fingerprint density at radius 1 is 1.28 bits per heavy atom. The van der Waals surface area contributed by atoms with Crippen LogP contribution in [0.2, 0.25) is 0 Å². The maximum absolute atomic E-state index is 12.6. The van der Waals surface area contributed by atoms with Crippen molar-refractivity contribution in [2.45, 2.75) is 4.90 Å². The largest absolute Gasteiger partial charge is 0.504 e. The van der Waals surface area contributed by atoms with Gasteiger partial charge in [-0.25, -0.2) is 0 Å². The van der Waals surface area contributed by atoms with E-state index in [4.69, 9.17) is 4.74 Å². The van der Waals surface area contributed by atoms with Gasteiger partial charge < -0.3 is 15.2 Å². The standard InChI is InChI=1S/C20H18N2O5S2/c1-27-16-7-6-12(8-15(16)23)9-17-19(25)22(20(26)29-17)11-18(24)21-13-4-3-5-14(10-13)28-2/h3-10,23H,11H2,1-2H3,(H,21,24)/b17-9+. The summed E-state index contributed by atoms with van der Waals surface area (Å²) in [4.78, 5) is 39.1. The number of aromatic hydroxyl groups is 1. The van der Waals surface area contributed by atoms with Crippen LogP contribution in [0.4, 0.5) is 10.5 Å². The molecule has 0 aromatic heterocycles. The van der Waals surface area contributed by atoms with Crippen LogP contribution in [0, 0.1) is 0 Å². The second-order valence-corrected chi connectivity index (χ2v) is 7.85. The number of amides is 3. The number of methoxy groups -OCH3 is 1. The zero-order chi connectivity index (χ0) is 21.0. The average molecular weight is 431 g/mol. The lowest BCUT2D eigenvalue weighted by atomic mass is 10.2. The number of thioether (sulfide) groups is 2. The van der Waals surface area contributed by atoms with Gasteiger partial charge in [0.25, 0.3) is 11.1 Å². The van der Waals surface area contributed by atoms with Crippen molar-refractivity contribution in [3.63, 3.8) is 0 Å². The minimum atomic E-state index is -0.552. The molecule has 1 saturated heterocycles. The van der Waals surface area contributed by atoms with Crippen molar-refractivity contribution in [1.29, 1.82) is 0 Å². The number of imide groups is 1. The van der Waals surface area contributed by atoms with Crippen LogP contribution in [0.25, 0.3) is 6.08 Å². The van der Waals surface area contributed by atoms with Crippen molar-refractivity contribution < 1.29 is 24.2 Å². The van der Waals surface area contributed by atoms with Crippen LogP contribution in [-0.2, 0) is 9.59 Å². The number of benzene rings is 2. The number of hydrogen-bond donors (Lipinski definition) is 2. The number of nitrogens with one attached hydrogen (secondary N) is 1. The van der Waals surface area contributed by atoms with Gasteiger partial charge in [-0.2, -0.15) is 0 Å². The normalized spacial score (nSPS) is 15.1. The lowest BCUT2D eigenvalue weighted by Crippen LogP contribution is -2.36. The number of phenols is 1. The second-order valence-electron chi connectivity index (χ2n) is 5.98. The van der Waals surface area contributed by atoms with Crippen molar-refractivity contribution in [2.24, 2.45) is 0 Å². The van der Waals surface area contributed by atoms with Crippen molar-refractivity contribution in [2.75, 3.05) is 25.2 Å². The molecular formula is C20H18N2O5S2. The van der Waals surface area contributed by atoms with Gasteiger partial charge in [0.1, 0.15) is 6.54 Å². The molecule has 0 atom stereocenters. The highest BCUT2D eigenvalue weighted by Crippen LogP contribution is 2.34. The first-order chi connectivity index (χ1) is 13.9. The van der Waals surface area contributed by atoms with Crippen molar-refractivity contribution in [3.8, 4) is 11.5 Å². The summed E-state index contributed by atoms with van der Waals surface area (Å²) in [7, 11) is 1.43. The first-order valence-corrected chi connectivity index (χ1v) is 10.5. The van der Waals surface area contributed by atoms with Crippen LogP contribution >= 0.6 is 23.5 Å². The number of carbonyl (C=O) groups is 3. The monoisotopic (exact) mass is 430 g/mol. The third kappa shape index (κ3) is 4.93. The topological polar surface area (TPSA) is 95.9 Å². The highest BCUT2D eigenvalue weighted by molar-refractivity contribution is 8.18. The van der Waals surface area contributed by atoms with Gasteiger partial charge in [0.15, 0.2) is 11.5 Å². The van der Waals surface area contributed by atoms with E-state index in [0.29, 0.717) is 17.0 Å². The second kappa shape index (κ2) is 9.06. The first kappa shape index (κ1) is 20.8. The summed E-state index contributed by atoms with van der Waals surface area (Å²) < 4.78 is 4.98.